The van der Waals surface area contributed by atoms with Crippen molar-refractivity contribution in [2.45, 2.75) is 24.8 Å². The summed E-state index contributed by atoms with van der Waals surface area (Å²) in [6.07, 6.45) is 2.64. The monoisotopic (exact) mass is 295 g/mol. The molecule has 0 aliphatic carbocycles. The Balaban J connectivity index is 2.38. The molecule has 0 saturated carbocycles. The van der Waals surface area contributed by atoms with Crippen LogP contribution in [0, 0.1) is 0 Å². The van der Waals surface area contributed by atoms with Crippen LogP contribution in [0.15, 0.2) is 41.6 Å². The molecule has 1 heterocycles. The zero-order valence-electron chi connectivity index (χ0n) is 11.3. The molecule has 1 aromatic heterocycles. The second-order valence-electron chi connectivity index (χ2n) is 4.41. The number of nitrogens with one attached hydrogen (secondary N) is 1. The molecule has 6 nitrogen and oxygen atoms in total. The highest BCUT2D eigenvalue weighted by molar-refractivity contribution is 7.89. The minimum Gasteiger partial charge on any atom is -0.508 e. The Kier molecular flexibility index (Phi) is 4.10. The van der Waals surface area contributed by atoms with E-state index in [0.29, 0.717) is 6.54 Å². The Morgan fingerprint density at radius 2 is 2.20 bits per heavy atom. The molecule has 1 aromatic carbocycles. The van der Waals surface area contributed by atoms with Crippen LogP contribution in [-0.4, -0.2) is 34.6 Å². The zero-order chi connectivity index (χ0) is 14.8. The molecule has 0 radical (unpaired) electrons. The number of phenolic OH excluding ortho intramolecular Hbond substituents is 1. The highest BCUT2D eigenvalue weighted by atomic mass is 32.2. The van der Waals surface area contributed by atoms with Crippen LogP contribution >= 0.6 is 0 Å². The maximum atomic E-state index is 12.5. The Hall–Kier alpha value is -1.86. The third kappa shape index (κ3) is 2.68. The summed E-state index contributed by atoms with van der Waals surface area (Å²) in [7, 11) is -3.61. The Morgan fingerprint density at radius 3 is 2.75 bits per heavy atom. The number of benzene rings is 1. The lowest BCUT2D eigenvalue weighted by Crippen LogP contribution is -2.33. The number of aromatic hydroxyl groups is 1. The minimum absolute atomic E-state index is 0.117. The highest BCUT2D eigenvalue weighted by Crippen LogP contribution is 2.28. The van der Waals surface area contributed by atoms with Gasteiger partial charge in [0, 0.05) is 18.8 Å². The number of hydrogen-bond acceptors (Lipinski definition) is 4. The molecule has 2 aromatic rings. The van der Waals surface area contributed by atoms with Gasteiger partial charge in [0.1, 0.15) is 10.6 Å². The molecule has 108 valence electrons. The van der Waals surface area contributed by atoms with Crippen molar-refractivity contribution >= 4 is 10.0 Å². The SMILES string of the molecule is CCN(C(C)c1cccc(O)c1)S(=O)(=O)c1cn[nH]c1. The van der Waals surface area contributed by atoms with E-state index in [2.05, 4.69) is 10.2 Å². The predicted octanol–water partition coefficient (Wildman–Crippen LogP) is 1.89. The molecule has 2 N–H and O–H groups in total. The summed E-state index contributed by atoms with van der Waals surface area (Å²) in [5.41, 5.74) is 0.735. The predicted molar refractivity (Wildman–Crippen MR) is 74.7 cm³/mol. The summed E-state index contributed by atoms with van der Waals surface area (Å²) in [5, 5.41) is 15.7. The van der Waals surface area contributed by atoms with Crippen molar-refractivity contribution in [1.82, 2.24) is 14.5 Å². The van der Waals surface area contributed by atoms with Gasteiger partial charge in [-0.25, -0.2) is 8.42 Å². The number of H-pyrrole nitrogens is 1. The number of aromatic amines is 1. The van der Waals surface area contributed by atoms with Gasteiger partial charge >= 0.3 is 0 Å². The second kappa shape index (κ2) is 5.64. The maximum absolute atomic E-state index is 12.5. The van der Waals surface area contributed by atoms with Gasteiger partial charge in [-0.3, -0.25) is 5.10 Å². The fraction of sp³-hybridized carbons (Fsp3) is 0.308. The number of sulfonamides is 1. The van der Waals surface area contributed by atoms with Crippen molar-refractivity contribution in [1.29, 1.82) is 0 Å². The fourth-order valence-electron chi connectivity index (χ4n) is 2.12. The van der Waals surface area contributed by atoms with Crippen LogP contribution in [0.1, 0.15) is 25.5 Å². The Morgan fingerprint density at radius 1 is 1.45 bits per heavy atom. The highest BCUT2D eigenvalue weighted by Gasteiger charge is 2.29. The van der Waals surface area contributed by atoms with Crippen molar-refractivity contribution in [2.24, 2.45) is 0 Å². The largest absolute Gasteiger partial charge is 0.508 e. The van der Waals surface area contributed by atoms with Gasteiger partial charge in [0.05, 0.1) is 6.20 Å². The fourth-order valence-corrected chi connectivity index (χ4v) is 3.65. The van der Waals surface area contributed by atoms with E-state index in [4.69, 9.17) is 0 Å². The lowest BCUT2D eigenvalue weighted by atomic mass is 10.1. The van der Waals surface area contributed by atoms with Crippen molar-refractivity contribution in [3.63, 3.8) is 0 Å². The summed E-state index contributed by atoms with van der Waals surface area (Å²) in [6, 6.07) is 6.22. The summed E-state index contributed by atoms with van der Waals surface area (Å²) in [5.74, 6) is 0.117. The number of rotatable bonds is 5. The molecule has 7 heteroatoms. The third-order valence-corrected chi connectivity index (χ3v) is 5.19. The zero-order valence-corrected chi connectivity index (χ0v) is 12.1. The number of hydrogen-bond donors (Lipinski definition) is 2. The summed E-state index contributed by atoms with van der Waals surface area (Å²) in [4.78, 5) is 0.131. The topological polar surface area (TPSA) is 86.3 Å². The smallest absolute Gasteiger partial charge is 0.246 e. The molecule has 0 spiro atoms. The molecule has 0 bridgehead atoms. The molecule has 20 heavy (non-hydrogen) atoms. The second-order valence-corrected chi connectivity index (χ2v) is 6.30. The first kappa shape index (κ1) is 14.5. The molecule has 0 fully saturated rings. The van der Waals surface area contributed by atoms with Crippen molar-refractivity contribution < 1.29 is 13.5 Å². The molecule has 0 amide bonds. The first-order valence-corrected chi connectivity index (χ1v) is 7.70. The Bertz CT molecular complexity index is 668. The van der Waals surface area contributed by atoms with E-state index >= 15 is 0 Å². The molecule has 1 unspecified atom stereocenters. The number of aromatic nitrogens is 2. The summed E-state index contributed by atoms with van der Waals surface area (Å²) < 4.78 is 26.4. The van der Waals surface area contributed by atoms with E-state index in [-0.39, 0.29) is 16.7 Å². The van der Waals surface area contributed by atoms with Gasteiger partial charge in [0.15, 0.2) is 0 Å². The van der Waals surface area contributed by atoms with Crippen LogP contribution < -0.4 is 0 Å². The lowest BCUT2D eigenvalue weighted by Gasteiger charge is -2.27. The molecular formula is C13H17N3O3S. The van der Waals surface area contributed by atoms with Crippen LogP contribution in [-0.2, 0) is 10.0 Å². The molecule has 0 aliphatic rings. The van der Waals surface area contributed by atoms with Gasteiger partial charge in [-0.05, 0) is 24.6 Å². The van der Waals surface area contributed by atoms with Crippen LogP contribution in [0.3, 0.4) is 0 Å². The number of nitrogens with zero attached hydrogens (tertiary/aromatic N) is 2. The lowest BCUT2D eigenvalue weighted by molar-refractivity contribution is 0.355. The third-order valence-electron chi connectivity index (χ3n) is 3.18. The van der Waals surface area contributed by atoms with E-state index in [1.54, 1.807) is 38.1 Å². The maximum Gasteiger partial charge on any atom is 0.246 e. The van der Waals surface area contributed by atoms with E-state index in [1.807, 2.05) is 0 Å². The van der Waals surface area contributed by atoms with Crippen LogP contribution in [0.5, 0.6) is 5.75 Å². The van der Waals surface area contributed by atoms with Gasteiger partial charge in [-0.1, -0.05) is 19.1 Å². The average Bonchev–Trinajstić information content (AvgIpc) is 2.93. The van der Waals surface area contributed by atoms with Gasteiger partial charge in [-0.2, -0.15) is 9.40 Å². The molecule has 2 rings (SSSR count). The van der Waals surface area contributed by atoms with Crippen molar-refractivity contribution in [3.05, 3.63) is 42.2 Å². The van der Waals surface area contributed by atoms with Crippen LogP contribution in [0.25, 0.3) is 0 Å². The molecule has 0 saturated heterocycles. The van der Waals surface area contributed by atoms with E-state index in [1.165, 1.54) is 16.7 Å². The molecule has 0 aliphatic heterocycles. The van der Waals surface area contributed by atoms with E-state index < -0.39 is 10.0 Å². The molecule has 1 atom stereocenters. The quantitative estimate of drug-likeness (QED) is 0.882. The molecular weight excluding hydrogens is 278 g/mol. The van der Waals surface area contributed by atoms with Crippen molar-refractivity contribution in [3.8, 4) is 5.75 Å². The Labute approximate surface area is 118 Å². The summed E-state index contributed by atoms with van der Waals surface area (Å²) in [6.45, 7) is 3.89. The minimum atomic E-state index is -3.61. The van der Waals surface area contributed by atoms with Crippen LogP contribution in [0.2, 0.25) is 0 Å². The van der Waals surface area contributed by atoms with Crippen LogP contribution in [0.4, 0.5) is 0 Å². The first-order chi connectivity index (χ1) is 9.46. The van der Waals surface area contributed by atoms with Crippen molar-refractivity contribution in [2.75, 3.05) is 6.54 Å². The van der Waals surface area contributed by atoms with Gasteiger partial charge in [-0.15, -0.1) is 0 Å². The standard InChI is InChI=1S/C13H17N3O3S/c1-3-16(20(18,19)13-8-14-15-9-13)10(2)11-5-4-6-12(17)7-11/h4-10,17H,3H2,1-2H3,(H,14,15). The van der Waals surface area contributed by atoms with E-state index in [0.717, 1.165) is 5.56 Å². The van der Waals surface area contributed by atoms with Gasteiger partial charge in [0.2, 0.25) is 10.0 Å². The van der Waals surface area contributed by atoms with E-state index in [9.17, 15) is 13.5 Å². The van der Waals surface area contributed by atoms with Gasteiger partial charge in [0.25, 0.3) is 0 Å². The average molecular weight is 295 g/mol. The first-order valence-electron chi connectivity index (χ1n) is 6.26. The summed E-state index contributed by atoms with van der Waals surface area (Å²) >= 11 is 0. The van der Waals surface area contributed by atoms with Gasteiger partial charge < -0.3 is 5.11 Å². The number of phenols is 1. The normalized spacial score (nSPS) is 13.6.